The highest BCUT2D eigenvalue weighted by Crippen LogP contribution is 2.23. The molecule has 2 rings (SSSR count). The lowest BCUT2D eigenvalue weighted by atomic mass is 10.1. The lowest BCUT2D eigenvalue weighted by molar-refractivity contribution is -0.144. The number of ether oxygens (including phenoxy) is 1. The second kappa shape index (κ2) is 6.42. The predicted molar refractivity (Wildman–Crippen MR) is 69.3 cm³/mol. The summed E-state index contributed by atoms with van der Waals surface area (Å²) in [7, 11) is 0. The van der Waals surface area contributed by atoms with Gasteiger partial charge in [0.2, 0.25) is 0 Å². The van der Waals surface area contributed by atoms with Crippen LogP contribution in [0.15, 0.2) is 23.0 Å². The van der Waals surface area contributed by atoms with Gasteiger partial charge in [-0.25, -0.2) is 4.79 Å². The number of carbonyl (C=O) groups excluding carboxylic acids is 1. The van der Waals surface area contributed by atoms with E-state index in [1.807, 2.05) is 4.90 Å². The molecule has 0 aromatic carbocycles. The molecule has 0 aliphatic carbocycles. The molecule has 1 aromatic heterocycles. The first-order valence-corrected chi connectivity index (χ1v) is 6.54. The van der Waals surface area contributed by atoms with Crippen LogP contribution < -0.4 is 0 Å². The Kier molecular flexibility index (Phi) is 4.62. The third kappa shape index (κ3) is 3.11. The molecule has 0 spiro atoms. The Morgan fingerprint density at radius 2 is 2.10 bits per heavy atom. The molecular weight excluding hydrogens is 264 g/mol. The number of amides is 1. The fraction of sp³-hybridized carbons (Fsp3) is 0.538. The number of carboxylic acids is 1. The molecule has 7 nitrogen and oxygen atoms in total. The van der Waals surface area contributed by atoms with Crippen LogP contribution in [0.5, 0.6) is 0 Å². The fourth-order valence-electron chi connectivity index (χ4n) is 2.32. The van der Waals surface area contributed by atoms with Crippen molar-refractivity contribution in [3.05, 3.63) is 24.2 Å². The van der Waals surface area contributed by atoms with E-state index >= 15 is 0 Å². The van der Waals surface area contributed by atoms with Crippen LogP contribution in [0.4, 0.5) is 4.79 Å². The largest absolute Gasteiger partial charge is 0.480 e. The lowest BCUT2D eigenvalue weighted by Gasteiger charge is -2.36. The van der Waals surface area contributed by atoms with Gasteiger partial charge in [0.25, 0.3) is 0 Å². The highest BCUT2D eigenvalue weighted by Gasteiger charge is 2.32. The van der Waals surface area contributed by atoms with Gasteiger partial charge in [-0.15, -0.1) is 0 Å². The van der Waals surface area contributed by atoms with Crippen LogP contribution in [0.25, 0.3) is 0 Å². The molecule has 0 bridgehead atoms. The molecule has 1 fully saturated rings. The summed E-state index contributed by atoms with van der Waals surface area (Å²) in [6.07, 6.45) is 2.55. The van der Waals surface area contributed by atoms with Gasteiger partial charge in [0.15, 0.2) is 0 Å². The van der Waals surface area contributed by atoms with E-state index in [1.54, 1.807) is 17.9 Å². The molecule has 1 aliphatic heterocycles. The number of carboxylic acid groups (broad SMARTS) is 1. The van der Waals surface area contributed by atoms with E-state index in [4.69, 9.17) is 9.15 Å². The van der Waals surface area contributed by atoms with Crippen LogP contribution >= 0.6 is 0 Å². The number of hydrogen-bond acceptors (Lipinski definition) is 5. The molecule has 1 unspecified atom stereocenters. The normalized spacial score (nSPS) is 17.8. The second-order valence-electron chi connectivity index (χ2n) is 4.52. The average molecular weight is 282 g/mol. The third-order valence-corrected chi connectivity index (χ3v) is 3.30. The zero-order valence-electron chi connectivity index (χ0n) is 11.3. The molecular formula is C13H18N2O5. The van der Waals surface area contributed by atoms with E-state index in [0.29, 0.717) is 38.3 Å². The Labute approximate surface area is 116 Å². The second-order valence-corrected chi connectivity index (χ2v) is 4.52. The molecule has 1 N–H and O–H groups in total. The summed E-state index contributed by atoms with van der Waals surface area (Å²) in [4.78, 5) is 26.4. The van der Waals surface area contributed by atoms with Crippen molar-refractivity contribution < 1.29 is 23.8 Å². The van der Waals surface area contributed by atoms with Gasteiger partial charge in [0.05, 0.1) is 19.1 Å². The van der Waals surface area contributed by atoms with E-state index in [1.165, 1.54) is 12.5 Å². The van der Waals surface area contributed by atoms with Gasteiger partial charge in [0.1, 0.15) is 6.04 Å². The van der Waals surface area contributed by atoms with Crippen molar-refractivity contribution in [1.82, 2.24) is 9.80 Å². The van der Waals surface area contributed by atoms with Gasteiger partial charge < -0.3 is 19.2 Å². The molecule has 1 amide bonds. The quantitative estimate of drug-likeness (QED) is 0.892. The summed E-state index contributed by atoms with van der Waals surface area (Å²) in [5.41, 5.74) is 0.613. The van der Waals surface area contributed by atoms with Crippen molar-refractivity contribution in [2.45, 2.75) is 13.0 Å². The Balaban J connectivity index is 1.98. The SMILES string of the molecule is CCOC(=O)N1CCN(C(C(=O)O)c2ccoc2)CC1. The number of hydrogen-bond donors (Lipinski definition) is 1. The first-order valence-electron chi connectivity index (χ1n) is 6.54. The number of aliphatic carboxylic acids is 1. The molecule has 0 saturated carbocycles. The van der Waals surface area contributed by atoms with Crippen LogP contribution in [-0.2, 0) is 9.53 Å². The van der Waals surface area contributed by atoms with Crippen LogP contribution in [0.2, 0.25) is 0 Å². The van der Waals surface area contributed by atoms with E-state index in [9.17, 15) is 14.7 Å². The van der Waals surface area contributed by atoms with E-state index < -0.39 is 12.0 Å². The maximum absolute atomic E-state index is 11.6. The maximum Gasteiger partial charge on any atom is 0.409 e. The number of nitrogens with zero attached hydrogens (tertiary/aromatic N) is 2. The highest BCUT2D eigenvalue weighted by molar-refractivity contribution is 5.75. The minimum Gasteiger partial charge on any atom is -0.480 e. The van der Waals surface area contributed by atoms with E-state index in [0.717, 1.165) is 0 Å². The molecule has 0 radical (unpaired) electrons. The third-order valence-electron chi connectivity index (χ3n) is 3.30. The van der Waals surface area contributed by atoms with E-state index in [2.05, 4.69) is 0 Å². The van der Waals surface area contributed by atoms with Crippen LogP contribution in [0.3, 0.4) is 0 Å². The summed E-state index contributed by atoms with van der Waals surface area (Å²) in [6, 6.07) is 0.911. The number of piperazine rings is 1. The fourth-order valence-corrected chi connectivity index (χ4v) is 2.32. The molecule has 1 saturated heterocycles. The number of furan rings is 1. The van der Waals surface area contributed by atoms with E-state index in [-0.39, 0.29) is 6.09 Å². The monoisotopic (exact) mass is 282 g/mol. The number of carbonyl (C=O) groups is 2. The molecule has 20 heavy (non-hydrogen) atoms. The lowest BCUT2D eigenvalue weighted by Crippen LogP contribution is -2.51. The van der Waals surface area contributed by atoms with Crippen molar-refractivity contribution >= 4 is 12.1 Å². The zero-order valence-corrected chi connectivity index (χ0v) is 11.3. The molecule has 7 heteroatoms. The summed E-state index contributed by atoms with van der Waals surface area (Å²) < 4.78 is 9.89. The smallest absolute Gasteiger partial charge is 0.409 e. The van der Waals surface area contributed by atoms with Gasteiger partial charge in [-0.1, -0.05) is 0 Å². The molecule has 2 heterocycles. The Bertz CT molecular complexity index is 451. The minimum atomic E-state index is -0.920. The Morgan fingerprint density at radius 1 is 1.40 bits per heavy atom. The summed E-state index contributed by atoms with van der Waals surface area (Å²) in [6.45, 7) is 3.99. The van der Waals surface area contributed by atoms with Crippen LogP contribution in [0, 0.1) is 0 Å². The molecule has 1 aromatic rings. The van der Waals surface area contributed by atoms with Gasteiger partial charge in [-0.05, 0) is 13.0 Å². The highest BCUT2D eigenvalue weighted by atomic mass is 16.6. The van der Waals surface area contributed by atoms with Gasteiger partial charge in [0, 0.05) is 31.7 Å². The first kappa shape index (κ1) is 14.4. The number of rotatable bonds is 4. The van der Waals surface area contributed by atoms with Crippen molar-refractivity contribution in [3.8, 4) is 0 Å². The Morgan fingerprint density at radius 3 is 2.60 bits per heavy atom. The summed E-state index contributed by atoms with van der Waals surface area (Å²) in [5, 5.41) is 9.37. The minimum absolute atomic E-state index is 0.339. The maximum atomic E-state index is 11.6. The van der Waals surface area contributed by atoms with Gasteiger partial charge in [-0.2, -0.15) is 0 Å². The first-order chi connectivity index (χ1) is 9.63. The van der Waals surface area contributed by atoms with Crippen molar-refractivity contribution in [3.63, 3.8) is 0 Å². The van der Waals surface area contributed by atoms with Gasteiger partial charge in [-0.3, -0.25) is 9.69 Å². The van der Waals surface area contributed by atoms with Crippen LogP contribution in [-0.4, -0.2) is 59.8 Å². The summed E-state index contributed by atoms with van der Waals surface area (Å²) in [5.74, 6) is -0.920. The summed E-state index contributed by atoms with van der Waals surface area (Å²) >= 11 is 0. The van der Waals surface area contributed by atoms with Crippen molar-refractivity contribution in [1.29, 1.82) is 0 Å². The topological polar surface area (TPSA) is 83.2 Å². The Hall–Kier alpha value is -2.02. The standard InChI is InChI=1S/C13H18N2O5/c1-2-20-13(18)15-6-4-14(5-7-15)11(12(16)17)10-3-8-19-9-10/h3,8-9,11H,2,4-7H2,1H3,(H,16,17). The predicted octanol–water partition coefficient (Wildman–Crippen LogP) is 1.18. The molecule has 1 atom stereocenters. The molecule has 110 valence electrons. The zero-order chi connectivity index (χ0) is 14.5. The van der Waals surface area contributed by atoms with Crippen molar-refractivity contribution in [2.75, 3.05) is 32.8 Å². The average Bonchev–Trinajstić information content (AvgIpc) is 2.93. The van der Waals surface area contributed by atoms with Gasteiger partial charge >= 0.3 is 12.1 Å². The van der Waals surface area contributed by atoms with Crippen molar-refractivity contribution in [2.24, 2.45) is 0 Å². The van der Waals surface area contributed by atoms with Crippen LogP contribution in [0.1, 0.15) is 18.5 Å². The molecule has 1 aliphatic rings.